The van der Waals surface area contributed by atoms with Gasteiger partial charge in [-0.1, -0.05) is 24.3 Å². The normalized spacial score (nSPS) is 10.4. The number of carbonyl (C=O) groups is 2. The molecule has 0 bridgehead atoms. The van der Waals surface area contributed by atoms with Crippen LogP contribution in [0.15, 0.2) is 57.7 Å². The third kappa shape index (κ3) is 3.98. The minimum Gasteiger partial charge on any atom is -0.493 e. The predicted molar refractivity (Wildman–Crippen MR) is 101 cm³/mol. The third-order valence-corrected chi connectivity index (χ3v) is 4.04. The average Bonchev–Trinajstić information content (AvgIpc) is 2.68. The Morgan fingerprint density at radius 2 is 1.85 bits per heavy atom. The van der Waals surface area contributed by atoms with Crippen LogP contribution < -0.4 is 21.0 Å². The number of para-hydroxylation sites is 1. The molecule has 3 aromatic rings. The van der Waals surface area contributed by atoms with Crippen LogP contribution in [0.5, 0.6) is 5.75 Å². The fourth-order valence-corrected chi connectivity index (χ4v) is 2.61. The highest BCUT2D eigenvalue weighted by Crippen LogP contribution is 2.24. The number of hydrogen-bond donors (Lipinski definition) is 2. The first-order chi connectivity index (χ1) is 13.0. The van der Waals surface area contributed by atoms with Crippen molar-refractivity contribution in [3.8, 4) is 5.75 Å². The van der Waals surface area contributed by atoms with Crippen molar-refractivity contribution in [3.63, 3.8) is 0 Å². The molecule has 1 heterocycles. The molecule has 3 rings (SSSR count). The highest BCUT2D eigenvalue weighted by atomic mass is 16.5. The highest BCUT2D eigenvalue weighted by Gasteiger charge is 2.16. The molecule has 0 radical (unpaired) electrons. The fourth-order valence-electron chi connectivity index (χ4n) is 2.61. The van der Waals surface area contributed by atoms with Crippen molar-refractivity contribution in [2.45, 2.75) is 6.42 Å². The maximum Gasteiger partial charge on any atom is 0.349 e. The van der Waals surface area contributed by atoms with Gasteiger partial charge >= 0.3 is 5.63 Å². The molecule has 0 atom stereocenters. The van der Waals surface area contributed by atoms with Crippen molar-refractivity contribution < 1.29 is 18.7 Å². The molecule has 0 unspecified atom stereocenters. The SMILES string of the molecule is CNC(=O)Cc1ccc(NC(=O)c2cc3cccc(OC)c3oc2=O)cc1. The number of carbonyl (C=O) groups excluding carboxylic acids is 2. The van der Waals surface area contributed by atoms with Crippen LogP contribution in [0.4, 0.5) is 5.69 Å². The second kappa shape index (κ2) is 7.74. The van der Waals surface area contributed by atoms with Crippen LogP contribution in [0, 0.1) is 0 Å². The molecule has 0 saturated carbocycles. The van der Waals surface area contributed by atoms with Crippen LogP contribution in [0.2, 0.25) is 0 Å². The number of hydrogen-bond acceptors (Lipinski definition) is 5. The summed E-state index contributed by atoms with van der Waals surface area (Å²) in [6, 6.07) is 13.4. The maximum atomic E-state index is 12.5. The van der Waals surface area contributed by atoms with Crippen LogP contribution in [0.3, 0.4) is 0 Å². The summed E-state index contributed by atoms with van der Waals surface area (Å²) < 4.78 is 10.4. The number of benzene rings is 2. The van der Waals surface area contributed by atoms with E-state index in [0.29, 0.717) is 22.4 Å². The fraction of sp³-hybridized carbons (Fsp3) is 0.150. The van der Waals surface area contributed by atoms with Crippen molar-refractivity contribution >= 4 is 28.5 Å². The van der Waals surface area contributed by atoms with E-state index in [-0.39, 0.29) is 17.9 Å². The summed E-state index contributed by atoms with van der Waals surface area (Å²) in [6.07, 6.45) is 0.251. The largest absolute Gasteiger partial charge is 0.493 e. The van der Waals surface area contributed by atoms with Crippen molar-refractivity contribution in [3.05, 3.63) is 70.1 Å². The molecule has 2 aromatic carbocycles. The molecule has 2 amide bonds. The number of likely N-dealkylation sites (N-methyl/N-ethyl adjacent to an activating group) is 1. The first kappa shape index (κ1) is 18.2. The van der Waals surface area contributed by atoms with E-state index in [2.05, 4.69) is 10.6 Å². The summed E-state index contributed by atoms with van der Waals surface area (Å²) in [6.45, 7) is 0. The molecule has 138 valence electrons. The first-order valence-electron chi connectivity index (χ1n) is 8.23. The zero-order chi connectivity index (χ0) is 19.4. The second-order valence-corrected chi connectivity index (χ2v) is 5.83. The van der Waals surface area contributed by atoms with Gasteiger partial charge in [0.25, 0.3) is 5.91 Å². The lowest BCUT2D eigenvalue weighted by molar-refractivity contribution is -0.119. The summed E-state index contributed by atoms with van der Waals surface area (Å²) in [5.74, 6) is -0.258. The number of nitrogens with one attached hydrogen (secondary N) is 2. The maximum absolute atomic E-state index is 12.5. The summed E-state index contributed by atoms with van der Waals surface area (Å²) in [7, 11) is 3.05. The molecule has 0 saturated heterocycles. The molecule has 0 aliphatic rings. The Morgan fingerprint density at radius 3 is 2.52 bits per heavy atom. The van der Waals surface area contributed by atoms with Crippen molar-refractivity contribution in [1.82, 2.24) is 5.32 Å². The lowest BCUT2D eigenvalue weighted by Gasteiger charge is -2.08. The van der Waals surface area contributed by atoms with Gasteiger partial charge in [0.1, 0.15) is 5.56 Å². The van der Waals surface area contributed by atoms with Crippen LogP contribution in [0.25, 0.3) is 11.0 Å². The van der Waals surface area contributed by atoms with E-state index in [1.165, 1.54) is 13.2 Å². The van der Waals surface area contributed by atoms with Gasteiger partial charge in [-0.05, 0) is 29.8 Å². The van der Waals surface area contributed by atoms with Crippen LogP contribution in [0.1, 0.15) is 15.9 Å². The number of rotatable bonds is 5. The van der Waals surface area contributed by atoms with Gasteiger partial charge in [0.2, 0.25) is 5.91 Å². The van der Waals surface area contributed by atoms with Crippen LogP contribution in [-0.2, 0) is 11.2 Å². The Balaban J connectivity index is 1.83. The van der Waals surface area contributed by atoms with Crippen LogP contribution in [-0.4, -0.2) is 26.0 Å². The monoisotopic (exact) mass is 366 g/mol. The van der Waals surface area contributed by atoms with E-state index >= 15 is 0 Å². The third-order valence-electron chi connectivity index (χ3n) is 4.04. The topological polar surface area (TPSA) is 97.6 Å². The Bertz CT molecular complexity index is 1050. The first-order valence-corrected chi connectivity index (χ1v) is 8.23. The summed E-state index contributed by atoms with van der Waals surface area (Å²) in [5, 5.41) is 5.79. The lowest BCUT2D eigenvalue weighted by atomic mass is 10.1. The zero-order valence-corrected chi connectivity index (χ0v) is 14.9. The smallest absolute Gasteiger partial charge is 0.349 e. The minimum atomic E-state index is -0.749. The number of fused-ring (bicyclic) bond motifs is 1. The second-order valence-electron chi connectivity index (χ2n) is 5.83. The minimum absolute atomic E-state index is 0.101. The van der Waals surface area contributed by atoms with Crippen molar-refractivity contribution in [1.29, 1.82) is 0 Å². The highest BCUT2D eigenvalue weighted by molar-refractivity contribution is 6.05. The molecule has 2 N–H and O–H groups in total. The van der Waals surface area contributed by atoms with E-state index in [4.69, 9.17) is 9.15 Å². The zero-order valence-electron chi connectivity index (χ0n) is 14.9. The van der Waals surface area contributed by atoms with E-state index in [1.807, 2.05) is 0 Å². The molecule has 0 aliphatic heterocycles. The number of ether oxygens (including phenoxy) is 1. The molecule has 1 aromatic heterocycles. The average molecular weight is 366 g/mol. The van der Waals surface area contributed by atoms with Gasteiger partial charge in [0.05, 0.1) is 13.5 Å². The Morgan fingerprint density at radius 1 is 1.11 bits per heavy atom. The van der Waals surface area contributed by atoms with Crippen LogP contribution >= 0.6 is 0 Å². The lowest BCUT2D eigenvalue weighted by Crippen LogP contribution is -2.21. The molecule has 7 nitrogen and oxygen atoms in total. The van der Waals surface area contributed by atoms with Gasteiger partial charge < -0.3 is 19.8 Å². The van der Waals surface area contributed by atoms with Gasteiger partial charge in [-0.15, -0.1) is 0 Å². The summed E-state index contributed by atoms with van der Waals surface area (Å²) >= 11 is 0. The van der Waals surface area contributed by atoms with Gasteiger partial charge in [-0.25, -0.2) is 4.79 Å². The van der Waals surface area contributed by atoms with Crippen molar-refractivity contribution in [2.24, 2.45) is 0 Å². The van der Waals surface area contributed by atoms with Gasteiger partial charge in [0, 0.05) is 18.1 Å². The summed E-state index contributed by atoms with van der Waals surface area (Å²) in [5.41, 5.74) is 0.751. The molecular weight excluding hydrogens is 348 g/mol. The number of anilines is 1. The van der Waals surface area contributed by atoms with E-state index in [0.717, 1.165) is 5.56 Å². The van der Waals surface area contributed by atoms with Crippen molar-refractivity contribution in [2.75, 3.05) is 19.5 Å². The van der Waals surface area contributed by atoms with Gasteiger partial charge in [-0.3, -0.25) is 9.59 Å². The quantitative estimate of drug-likeness (QED) is 0.676. The molecule has 0 spiro atoms. The predicted octanol–water partition coefficient (Wildman–Crippen LogP) is 2.34. The molecular formula is C20H18N2O5. The van der Waals surface area contributed by atoms with E-state index < -0.39 is 11.5 Å². The Kier molecular flexibility index (Phi) is 5.21. The molecule has 7 heteroatoms. The Labute approximate surface area is 154 Å². The Hall–Kier alpha value is -3.61. The van der Waals surface area contributed by atoms with E-state index in [1.54, 1.807) is 49.5 Å². The summed E-state index contributed by atoms with van der Waals surface area (Å²) in [4.78, 5) is 36.1. The number of amides is 2. The van der Waals surface area contributed by atoms with Gasteiger partial charge in [-0.2, -0.15) is 0 Å². The number of methoxy groups -OCH3 is 1. The molecule has 0 aliphatic carbocycles. The molecule has 27 heavy (non-hydrogen) atoms. The van der Waals surface area contributed by atoms with E-state index in [9.17, 15) is 14.4 Å². The standard InChI is InChI=1S/C20H18N2O5/c1-21-17(23)10-12-6-8-14(9-7-12)22-19(24)15-11-13-4-3-5-16(26-2)18(13)27-20(15)25/h3-9,11H,10H2,1-2H3,(H,21,23)(H,22,24). The van der Waals surface area contributed by atoms with Gasteiger partial charge in [0.15, 0.2) is 11.3 Å². The molecule has 0 fully saturated rings.